The molecule has 0 spiro atoms. The molecule has 1 aromatic heterocycles. The molecular weight excluding hydrogens is 264 g/mol. The topological polar surface area (TPSA) is 99.7 Å². The molecular formula is C11H16N6OS. The standard InChI is InChI=1S/C11H16N6OS/c1-13-16-9(17(2)12)6-19-11-14-8-5-3-4-7(8)10(18)15-11/h1,3-6,12H2,2H3,(H,14,15,18)/b16-9-. The third kappa shape index (κ3) is 3.21. The Morgan fingerprint density at radius 1 is 1.63 bits per heavy atom. The Balaban J connectivity index is 2.12. The van der Waals surface area contributed by atoms with Gasteiger partial charge in [0.2, 0.25) is 0 Å². The van der Waals surface area contributed by atoms with Gasteiger partial charge in [0.1, 0.15) is 0 Å². The molecule has 0 aliphatic heterocycles. The lowest BCUT2D eigenvalue weighted by Gasteiger charge is -2.13. The van der Waals surface area contributed by atoms with Crippen LogP contribution in [-0.2, 0) is 12.8 Å². The molecule has 1 aliphatic rings. The molecule has 0 aromatic carbocycles. The van der Waals surface area contributed by atoms with Gasteiger partial charge in [0.15, 0.2) is 11.0 Å². The van der Waals surface area contributed by atoms with Crippen molar-refractivity contribution in [2.45, 2.75) is 24.4 Å². The number of hydrazine groups is 1. The fraction of sp³-hybridized carbons (Fsp3) is 0.455. The second-order valence-corrected chi connectivity index (χ2v) is 5.17. The maximum Gasteiger partial charge on any atom is 0.254 e. The van der Waals surface area contributed by atoms with E-state index in [0.717, 1.165) is 30.5 Å². The van der Waals surface area contributed by atoms with Gasteiger partial charge >= 0.3 is 0 Å². The average Bonchev–Trinajstić information content (AvgIpc) is 2.82. The molecule has 1 heterocycles. The van der Waals surface area contributed by atoms with E-state index in [1.165, 1.54) is 16.8 Å². The van der Waals surface area contributed by atoms with E-state index in [-0.39, 0.29) is 5.56 Å². The number of rotatable bonds is 4. The summed E-state index contributed by atoms with van der Waals surface area (Å²) >= 11 is 1.37. The van der Waals surface area contributed by atoms with Gasteiger partial charge in [-0.1, -0.05) is 11.8 Å². The first-order chi connectivity index (χ1) is 9.11. The molecule has 0 saturated heterocycles. The first kappa shape index (κ1) is 13.8. The van der Waals surface area contributed by atoms with Gasteiger partial charge in [-0.15, -0.1) is 5.10 Å². The van der Waals surface area contributed by atoms with Crippen LogP contribution in [0.25, 0.3) is 0 Å². The van der Waals surface area contributed by atoms with E-state index < -0.39 is 0 Å². The molecule has 0 fully saturated rings. The van der Waals surface area contributed by atoms with Crippen molar-refractivity contribution in [3.05, 3.63) is 21.6 Å². The maximum atomic E-state index is 11.8. The zero-order valence-corrected chi connectivity index (χ0v) is 11.5. The molecule has 7 nitrogen and oxygen atoms in total. The van der Waals surface area contributed by atoms with Gasteiger partial charge in [0.25, 0.3) is 5.56 Å². The van der Waals surface area contributed by atoms with Gasteiger partial charge in [-0.05, 0) is 19.3 Å². The van der Waals surface area contributed by atoms with Crippen molar-refractivity contribution in [1.82, 2.24) is 15.0 Å². The van der Waals surface area contributed by atoms with E-state index >= 15 is 0 Å². The third-order valence-electron chi connectivity index (χ3n) is 2.85. The lowest BCUT2D eigenvalue weighted by Crippen LogP contribution is -2.34. The molecule has 0 radical (unpaired) electrons. The summed E-state index contributed by atoms with van der Waals surface area (Å²) in [7, 11) is 1.67. The van der Waals surface area contributed by atoms with E-state index in [9.17, 15) is 4.79 Å². The molecule has 102 valence electrons. The summed E-state index contributed by atoms with van der Waals surface area (Å²) in [5.41, 5.74) is 1.70. The van der Waals surface area contributed by atoms with Crippen molar-refractivity contribution in [2.75, 3.05) is 12.8 Å². The highest BCUT2D eigenvalue weighted by Crippen LogP contribution is 2.19. The van der Waals surface area contributed by atoms with Crippen molar-refractivity contribution in [3.8, 4) is 0 Å². The van der Waals surface area contributed by atoms with Crippen LogP contribution in [0.5, 0.6) is 0 Å². The Morgan fingerprint density at radius 2 is 2.42 bits per heavy atom. The fourth-order valence-corrected chi connectivity index (χ4v) is 2.77. The van der Waals surface area contributed by atoms with Crippen LogP contribution >= 0.6 is 11.8 Å². The summed E-state index contributed by atoms with van der Waals surface area (Å²) in [4.78, 5) is 19.1. The molecule has 0 amide bonds. The minimum absolute atomic E-state index is 0.0357. The molecule has 0 unspecified atom stereocenters. The molecule has 1 aliphatic carbocycles. The number of hydrogen-bond donors (Lipinski definition) is 2. The van der Waals surface area contributed by atoms with E-state index in [4.69, 9.17) is 5.84 Å². The number of aryl methyl sites for hydroxylation is 1. The molecule has 0 atom stereocenters. The smallest absolute Gasteiger partial charge is 0.254 e. The number of H-pyrrole nitrogens is 1. The SMILES string of the molecule is C=N/N=C(/CSc1nc2c(c(=O)[nH]1)CCC2)N(C)N. The minimum Gasteiger partial charge on any atom is -0.301 e. The Kier molecular flexibility index (Phi) is 4.33. The summed E-state index contributed by atoms with van der Waals surface area (Å²) in [6, 6.07) is 0. The number of thioether (sulfide) groups is 1. The largest absolute Gasteiger partial charge is 0.301 e. The Labute approximate surface area is 115 Å². The molecule has 8 heteroatoms. The summed E-state index contributed by atoms with van der Waals surface area (Å²) in [6.07, 6.45) is 2.69. The molecule has 3 N–H and O–H groups in total. The number of fused-ring (bicyclic) bond motifs is 1. The molecule has 1 aromatic rings. The fourth-order valence-electron chi connectivity index (χ4n) is 1.90. The van der Waals surface area contributed by atoms with Gasteiger partial charge < -0.3 is 4.98 Å². The number of nitrogens with two attached hydrogens (primary N) is 1. The van der Waals surface area contributed by atoms with Crippen LogP contribution < -0.4 is 11.4 Å². The van der Waals surface area contributed by atoms with Crippen LogP contribution in [0.3, 0.4) is 0 Å². The van der Waals surface area contributed by atoms with E-state index in [1.54, 1.807) is 7.05 Å². The van der Waals surface area contributed by atoms with E-state index in [1.807, 2.05) is 0 Å². The average molecular weight is 280 g/mol. The zero-order valence-electron chi connectivity index (χ0n) is 10.7. The van der Waals surface area contributed by atoms with Gasteiger partial charge in [-0.25, -0.2) is 10.8 Å². The molecule has 0 saturated carbocycles. The number of aromatic amines is 1. The summed E-state index contributed by atoms with van der Waals surface area (Å²) in [6.45, 7) is 3.30. The third-order valence-corrected chi connectivity index (χ3v) is 3.72. The second-order valence-electron chi connectivity index (χ2n) is 4.21. The maximum absolute atomic E-state index is 11.8. The number of nitrogens with one attached hydrogen (secondary N) is 1. The lowest BCUT2D eigenvalue weighted by molar-refractivity contribution is 0.534. The summed E-state index contributed by atoms with van der Waals surface area (Å²) in [5.74, 6) is 6.64. The predicted molar refractivity (Wildman–Crippen MR) is 76.5 cm³/mol. The molecule has 0 bridgehead atoms. The van der Waals surface area contributed by atoms with Crippen molar-refractivity contribution < 1.29 is 0 Å². The van der Waals surface area contributed by atoms with Gasteiger partial charge in [-0.2, -0.15) is 5.10 Å². The first-order valence-corrected chi connectivity index (χ1v) is 6.86. The van der Waals surface area contributed by atoms with E-state index in [2.05, 4.69) is 26.9 Å². The van der Waals surface area contributed by atoms with Crippen molar-refractivity contribution in [1.29, 1.82) is 0 Å². The van der Waals surface area contributed by atoms with Crippen LogP contribution in [0.1, 0.15) is 17.7 Å². The first-order valence-electron chi connectivity index (χ1n) is 5.87. The Hall–Kier alpha value is -1.67. The monoisotopic (exact) mass is 280 g/mol. The van der Waals surface area contributed by atoms with E-state index in [0.29, 0.717) is 16.7 Å². The normalized spacial score (nSPS) is 14.3. The van der Waals surface area contributed by atoms with Crippen molar-refractivity contribution in [2.24, 2.45) is 16.0 Å². The zero-order chi connectivity index (χ0) is 13.8. The quantitative estimate of drug-likeness (QED) is 0.204. The van der Waals surface area contributed by atoms with Gasteiger partial charge in [0.05, 0.1) is 11.4 Å². The number of aromatic nitrogens is 2. The van der Waals surface area contributed by atoms with Crippen LogP contribution in [0.2, 0.25) is 0 Å². The Bertz CT molecular complexity index is 565. The van der Waals surface area contributed by atoms with Crippen molar-refractivity contribution in [3.63, 3.8) is 0 Å². The molecule has 19 heavy (non-hydrogen) atoms. The van der Waals surface area contributed by atoms with Crippen LogP contribution in [-0.4, -0.2) is 40.3 Å². The highest BCUT2D eigenvalue weighted by molar-refractivity contribution is 7.99. The highest BCUT2D eigenvalue weighted by atomic mass is 32.2. The van der Waals surface area contributed by atoms with Gasteiger partial charge in [-0.3, -0.25) is 9.80 Å². The Morgan fingerprint density at radius 3 is 3.11 bits per heavy atom. The van der Waals surface area contributed by atoms with Crippen LogP contribution in [0.4, 0.5) is 0 Å². The second kappa shape index (κ2) is 5.98. The number of hydrogen-bond acceptors (Lipinski definition) is 6. The van der Waals surface area contributed by atoms with Gasteiger partial charge in [0, 0.05) is 19.3 Å². The number of nitrogens with zero attached hydrogens (tertiary/aromatic N) is 4. The van der Waals surface area contributed by atoms with Crippen LogP contribution in [0.15, 0.2) is 20.2 Å². The summed E-state index contributed by atoms with van der Waals surface area (Å²) in [5, 5.41) is 9.24. The number of amidine groups is 1. The molecule has 2 rings (SSSR count). The minimum atomic E-state index is -0.0357. The van der Waals surface area contributed by atoms with Crippen LogP contribution in [0, 0.1) is 0 Å². The van der Waals surface area contributed by atoms with Crippen molar-refractivity contribution >= 4 is 24.3 Å². The summed E-state index contributed by atoms with van der Waals surface area (Å²) < 4.78 is 0. The highest BCUT2D eigenvalue weighted by Gasteiger charge is 2.17. The predicted octanol–water partition coefficient (Wildman–Crippen LogP) is 0.170. The lowest BCUT2D eigenvalue weighted by atomic mass is 10.3.